The van der Waals surface area contributed by atoms with Gasteiger partial charge in [-0.1, -0.05) is 0 Å². The summed E-state index contributed by atoms with van der Waals surface area (Å²) >= 11 is 0. The summed E-state index contributed by atoms with van der Waals surface area (Å²) in [6, 6.07) is 4.42. The van der Waals surface area contributed by atoms with Gasteiger partial charge in [-0.2, -0.15) is 5.10 Å². The number of hydrogen-bond donors (Lipinski definition) is 2. The van der Waals surface area contributed by atoms with E-state index in [1.54, 1.807) is 6.26 Å². The lowest BCUT2D eigenvalue weighted by molar-refractivity contribution is 0.496. The molecule has 5 heteroatoms. The number of nitrogens with two attached hydrogens (primary N) is 1. The minimum atomic E-state index is 0.0259. The van der Waals surface area contributed by atoms with Crippen LogP contribution >= 0.6 is 0 Å². The van der Waals surface area contributed by atoms with Gasteiger partial charge < -0.3 is 4.42 Å². The van der Waals surface area contributed by atoms with E-state index < -0.39 is 0 Å². The van der Waals surface area contributed by atoms with E-state index in [9.17, 15) is 0 Å². The van der Waals surface area contributed by atoms with Crippen molar-refractivity contribution in [2.24, 2.45) is 5.84 Å². The van der Waals surface area contributed by atoms with Crippen LogP contribution in [0.4, 0.5) is 0 Å². The summed E-state index contributed by atoms with van der Waals surface area (Å²) in [6.45, 7) is 6.13. The molecule has 3 N–H and O–H groups in total. The first-order valence-corrected chi connectivity index (χ1v) is 6.15. The lowest BCUT2D eigenvalue weighted by Crippen LogP contribution is -2.29. The van der Waals surface area contributed by atoms with Crippen molar-refractivity contribution in [3.05, 3.63) is 41.6 Å². The van der Waals surface area contributed by atoms with Crippen LogP contribution in [0, 0.1) is 6.92 Å². The van der Waals surface area contributed by atoms with Crippen molar-refractivity contribution in [3.63, 3.8) is 0 Å². The molecule has 18 heavy (non-hydrogen) atoms. The molecule has 0 radical (unpaired) electrons. The Bertz CT molecular complexity index is 501. The number of hydrogen-bond acceptors (Lipinski definition) is 4. The molecule has 0 spiro atoms. The second-order valence-electron chi connectivity index (χ2n) is 4.79. The summed E-state index contributed by atoms with van der Waals surface area (Å²) in [6.07, 6.45) is 4.47. The third kappa shape index (κ3) is 2.80. The fraction of sp³-hybridized carbons (Fsp3) is 0.462. The van der Waals surface area contributed by atoms with Crippen LogP contribution in [0.1, 0.15) is 42.9 Å². The lowest BCUT2D eigenvalue weighted by Gasteiger charge is -2.12. The van der Waals surface area contributed by atoms with Crippen LogP contribution in [0.2, 0.25) is 0 Å². The highest BCUT2D eigenvalue weighted by Crippen LogP contribution is 2.19. The number of aryl methyl sites for hydroxylation is 1. The molecule has 2 aromatic rings. The molecule has 5 nitrogen and oxygen atoms in total. The van der Waals surface area contributed by atoms with Gasteiger partial charge in [-0.05, 0) is 32.9 Å². The van der Waals surface area contributed by atoms with E-state index in [-0.39, 0.29) is 6.04 Å². The highest BCUT2D eigenvalue weighted by Gasteiger charge is 2.14. The van der Waals surface area contributed by atoms with Gasteiger partial charge in [0.1, 0.15) is 5.76 Å². The third-order valence-corrected chi connectivity index (χ3v) is 2.96. The molecule has 0 bridgehead atoms. The fourth-order valence-corrected chi connectivity index (χ4v) is 1.90. The van der Waals surface area contributed by atoms with Crippen LogP contribution < -0.4 is 11.3 Å². The highest BCUT2D eigenvalue weighted by atomic mass is 16.3. The summed E-state index contributed by atoms with van der Waals surface area (Å²) in [4.78, 5) is 0. The smallest absolute Gasteiger partial charge is 0.101 e. The summed E-state index contributed by atoms with van der Waals surface area (Å²) in [5.41, 5.74) is 4.88. The molecule has 0 saturated heterocycles. The summed E-state index contributed by atoms with van der Waals surface area (Å²) < 4.78 is 7.26. The normalized spacial score (nSPS) is 13.2. The number of aromatic nitrogens is 2. The predicted octanol–water partition coefficient (Wildman–Crippen LogP) is 2.11. The molecule has 0 fully saturated rings. The first-order valence-electron chi connectivity index (χ1n) is 6.15. The summed E-state index contributed by atoms with van der Waals surface area (Å²) in [7, 11) is 0. The van der Waals surface area contributed by atoms with Gasteiger partial charge in [0.2, 0.25) is 0 Å². The van der Waals surface area contributed by atoms with Gasteiger partial charge in [0.25, 0.3) is 0 Å². The van der Waals surface area contributed by atoms with Crippen molar-refractivity contribution in [1.29, 1.82) is 0 Å². The second kappa shape index (κ2) is 5.37. The van der Waals surface area contributed by atoms with Gasteiger partial charge >= 0.3 is 0 Å². The maximum absolute atomic E-state index is 5.60. The average molecular weight is 248 g/mol. The summed E-state index contributed by atoms with van der Waals surface area (Å²) in [5.74, 6) is 6.49. The largest absolute Gasteiger partial charge is 0.469 e. The molecule has 0 aliphatic carbocycles. The van der Waals surface area contributed by atoms with Crippen LogP contribution in [-0.2, 0) is 6.42 Å². The topological polar surface area (TPSA) is 69.0 Å². The van der Waals surface area contributed by atoms with Crippen LogP contribution in [-0.4, -0.2) is 9.78 Å². The average Bonchev–Trinajstić information content (AvgIpc) is 2.94. The number of nitrogens with one attached hydrogen (secondary N) is 1. The Hall–Kier alpha value is -1.59. The highest BCUT2D eigenvalue weighted by molar-refractivity contribution is 5.18. The van der Waals surface area contributed by atoms with Crippen molar-refractivity contribution < 1.29 is 4.42 Å². The molecule has 2 heterocycles. The molecule has 2 rings (SSSR count). The molecule has 0 aromatic carbocycles. The van der Waals surface area contributed by atoms with Crippen molar-refractivity contribution in [2.45, 2.75) is 39.3 Å². The standard InChI is InChI=1S/C13H20N4O/c1-9(2)17-5-4-12(16-17)7-13(15-14)11-6-10(3)18-8-11/h4-6,8-9,13,15H,7,14H2,1-3H3. The molecule has 1 unspecified atom stereocenters. The Kier molecular flexibility index (Phi) is 3.84. The quantitative estimate of drug-likeness (QED) is 0.628. The van der Waals surface area contributed by atoms with Crippen LogP contribution in [0.15, 0.2) is 29.0 Å². The summed E-state index contributed by atoms with van der Waals surface area (Å²) in [5, 5.41) is 4.52. The zero-order valence-corrected chi connectivity index (χ0v) is 11.1. The molecular weight excluding hydrogens is 228 g/mol. The van der Waals surface area contributed by atoms with E-state index in [1.165, 1.54) is 0 Å². The first-order chi connectivity index (χ1) is 8.60. The van der Waals surface area contributed by atoms with E-state index in [1.807, 2.05) is 29.9 Å². The number of furan rings is 1. The molecule has 0 saturated carbocycles. The molecule has 2 aromatic heterocycles. The van der Waals surface area contributed by atoms with Gasteiger partial charge in [-0.3, -0.25) is 16.0 Å². The van der Waals surface area contributed by atoms with E-state index >= 15 is 0 Å². The minimum absolute atomic E-state index is 0.0259. The number of hydrazine groups is 1. The molecule has 1 atom stereocenters. The van der Waals surface area contributed by atoms with Crippen molar-refractivity contribution in [2.75, 3.05) is 0 Å². The van der Waals surface area contributed by atoms with Gasteiger partial charge in [0.05, 0.1) is 18.0 Å². The first kappa shape index (κ1) is 12.9. The SMILES string of the molecule is Cc1cc(C(Cc2ccn(C(C)C)n2)NN)co1. The van der Waals surface area contributed by atoms with Crippen molar-refractivity contribution in [1.82, 2.24) is 15.2 Å². The van der Waals surface area contributed by atoms with E-state index in [0.717, 1.165) is 23.4 Å². The Morgan fingerprint density at radius 3 is 2.78 bits per heavy atom. The van der Waals surface area contributed by atoms with Gasteiger partial charge in [-0.25, -0.2) is 0 Å². The van der Waals surface area contributed by atoms with Gasteiger partial charge in [0.15, 0.2) is 0 Å². The van der Waals surface area contributed by atoms with Crippen LogP contribution in [0.5, 0.6) is 0 Å². The maximum atomic E-state index is 5.60. The molecule has 0 aliphatic rings. The third-order valence-electron chi connectivity index (χ3n) is 2.96. The molecule has 0 amide bonds. The zero-order valence-electron chi connectivity index (χ0n) is 11.1. The Labute approximate surface area is 107 Å². The van der Waals surface area contributed by atoms with Gasteiger partial charge in [-0.15, -0.1) is 0 Å². The lowest BCUT2D eigenvalue weighted by atomic mass is 10.1. The maximum Gasteiger partial charge on any atom is 0.101 e. The monoisotopic (exact) mass is 248 g/mol. The molecular formula is C13H20N4O. The minimum Gasteiger partial charge on any atom is -0.469 e. The molecule has 0 aliphatic heterocycles. The van der Waals surface area contributed by atoms with Gasteiger partial charge in [0, 0.05) is 24.2 Å². The Morgan fingerprint density at radius 1 is 1.50 bits per heavy atom. The van der Waals surface area contributed by atoms with E-state index in [0.29, 0.717) is 6.04 Å². The fourth-order valence-electron chi connectivity index (χ4n) is 1.90. The van der Waals surface area contributed by atoms with E-state index in [4.69, 9.17) is 10.3 Å². The van der Waals surface area contributed by atoms with Crippen molar-refractivity contribution in [3.8, 4) is 0 Å². The van der Waals surface area contributed by atoms with E-state index in [2.05, 4.69) is 24.4 Å². The zero-order chi connectivity index (χ0) is 13.1. The van der Waals surface area contributed by atoms with Crippen LogP contribution in [0.3, 0.4) is 0 Å². The Balaban J connectivity index is 2.10. The number of rotatable bonds is 5. The number of nitrogens with zero attached hydrogens (tertiary/aromatic N) is 2. The second-order valence-corrected chi connectivity index (χ2v) is 4.79. The van der Waals surface area contributed by atoms with Crippen LogP contribution in [0.25, 0.3) is 0 Å². The van der Waals surface area contributed by atoms with Crippen molar-refractivity contribution >= 4 is 0 Å². The predicted molar refractivity (Wildman–Crippen MR) is 69.8 cm³/mol. The Morgan fingerprint density at radius 2 is 2.28 bits per heavy atom. The molecule has 98 valence electrons.